The van der Waals surface area contributed by atoms with Crippen LogP contribution in [0.15, 0.2) is 66.9 Å². The van der Waals surface area contributed by atoms with Gasteiger partial charge in [-0.25, -0.2) is 4.98 Å². The number of fused-ring (bicyclic) bond motifs is 1. The second-order valence-corrected chi connectivity index (χ2v) is 7.76. The third-order valence-corrected chi connectivity index (χ3v) is 4.77. The van der Waals surface area contributed by atoms with Gasteiger partial charge in [0, 0.05) is 34.7 Å². The number of pyridine rings is 1. The highest BCUT2D eigenvalue weighted by atomic mass is 19.1. The standard InChI is InChI=1S/C25H21FN2O3/c1-25(2)12-11-17-13-16(3-10-23(30)28-19-5-7-20(29)8-6-19)14-21(24(17)31-25)18-4-9-22(26)27-15-18/h3-15,29H,1-2H3,(H,28,30)/b10-3+. The van der Waals surface area contributed by atoms with Crippen LogP contribution in [0.2, 0.25) is 0 Å². The van der Waals surface area contributed by atoms with Crippen LogP contribution in [-0.4, -0.2) is 21.6 Å². The predicted molar refractivity (Wildman–Crippen MR) is 119 cm³/mol. The summed E-state index contributed by atoms with van der Waals surface area (Å²) in [5.41, 5.74) is 3.23. The van der Waals surface area contributed by atoms with Gasteiger partial charge in [-0.1, -0.05) is 6.08 Å². The number of hydrogen-bond acceptors (Lipinski definition) is 4. The summed E-state index contributed by atoms with van der Waals surface area (Å²) in [5.74, 6) is -0.0440. The summed E-state index contributed by atoms with van der Waals surface area (Å²) in [6.07, 6.45) is 8.54. The van der Waals surface area contributed by atoms with Crippen molar-refractivity contribution in [2.24, 2.45) is 0 Å². The maximum absolute atomic E-state index is 13.3. The SMILES string of the molecule is CC1(C)C=Cc2cc(/C=C/C(=O)Nc3ccc(O)cc3)cc(-c3ccc(F)nc3)c2O1. The molecule has 2 N–H and O–H groups in total. The number of halogens is 1. The molecule has 1 aliphatic heterocycles. The Morgan fingerprint density at radius 1 is 1.16 bits per heavy atom. The lowest BCUT2D eigenvalue weighted by atomic mass is 9.94. The Balaban J connectivity index is 1.66. The van der Waals surface area contributed by atoms with Gasteiger partial charge in [-0.3, -0.25) is 4.79 Å². The van der Waals surface area contributed by atoms with E-state index in [0.717, 1.165) is 16.7 Å². The van der Waals surface area contributed by atoms with Gasteiger partial charge in [0.05, 0.1) is 0 Å². The van der Waals surface area contributed by atoms with Gasteiger partial charge in [0.1, 0.15) is 17.1 Å². The summed E-state index contributed by atoms with van der Waals surface area (Å²) >= 11 is 0. The molecule has 1 amide bonds. The van der Waals surface area contributed by atoms with Crippen molar-refractivity contribution in [3.63, 3.8) is 0 Å². The summed E-state index contributed by atoms with van der Waals surface area (Å²) in [4.78, 5) is 16.0. The molecule has 0 fully saturated rings. The van der Waals surface area contributed by atoms with Crippen molar-refractivity contribution in [2.75, 3.05) is 5.32 Å². The summed E-state index contributed by atoms with van der Waals surface area (Å²) in [7, 11) is 0. The van der Waals surface area contributed by atoms with Gasteiger partial charge in [-0.2, -0.15) is 4.39 Å². The average molecular weight is 416 g/mol. The minimum absolute atomic E-state index is 0.129. The zero-order valence-electron chi connectivity index (χ0n) is 17.1. The van der Waals surface area contributed by atoms with E-state index in [1.54, 1.807) is 24.3 Å². The number of carbonyl (C=O) groups excluding carboxylic acids is 1. The number of nitrogens with one attached hydrogen (secondary N) is 1. The fourth-order valence-corrected chi connectivity index (χ4v) is 3.25. The van der Waals surface area contributed by atoms with Crippen LogP contribution in [0.5, 0.6) is 11.5 Å². The molecule has 6 heteroatoms. The summed E-state index contributed by atoms with van der Waals surface area (Å²) in [6, 6.07) is 13.0. The summed E-state index contributed by atoms with van der Waals surface area (Å²) < 4.78 is 19.5. The van der Waals surface area contributed by atoms with E-state index in [0.29, 0.717) is 17.0 Å². The normalized spacial score (nSPS) is 14.2. The van der Waals surface area contributed by atoms with Gasteiger partial charge in [0.15, 0.2) is 0 Å². The van der Waals surface area contributed by atoms with Crippen molar-refractivity contribution >= 4 is 23.7 Å². The lowest BCUT2D eigenvalue weighted by Gasteiger charge is -2.30. The Morgan fingerprint density at radius 3 is 2.65 bits per heavy atom. The number of phenolic OH excluding ortho intramolecular Hbond substituents is 1. The minimum Gasteiger partial charge on any atom is -0.508 e. The Morgan fingerprint density at radius 2 is 1.94 bits per heavy atom. The number of amides is 1. The average Bonchev–Trinajstić information content (AvgIpc) is 2.74. The van der Waals surface area contributed by atoms with Gasteiger partial charge in [-0.15, -0.1) is 0 Å². The number of aromatic hydroxyl groups is 1. The number of hydrogen-bond donors (Lipinski definition) is 2. The third-order valence-electron chi connectivity index (χ3n) is 4.77. The van der Waals surface area contributed by atoms with Crippen LogP contribution in [0, 0.1) is 5.95 Å². The number of ether oxygens (including phenoxy) is 1. The van der Waals surface area contributed by atoms with Gasteiger partial charge < -0.3 is 15.2 Å². The maximum Gasteiger partial charge on any atom is 0.248 e. The van der Waals surface area contributed by atoms with Gasteiger partial charge in [-0.05, 0) is 80.1 Å². The molecule has 0 bridgehead atoms. The Bertz CT molecular complexity index is 1180. The maximum atomic E-state index is 13.3. The quantitative estimate of drug-likeness (QED) is 0.338. The van der Waals surface area contributed by atoms with Crippen LogP contribution >= 0.6 is 0 Å². The first-order valence-electron chi connectivity index (χ1n) is 9.75. The number of anilines is 1. The molecular formula is C25H21FN2O3. The highest BCUT2D eigenvalue weighted by molar-refractivity contribution is 6.02. The molecular weight excluding hydrogens is 395 g/mol. The van der Waals surface area contributed by atoms with Crippen molar-refractivity contribution in [3.05, 3.63) is 84.0 Å². The zero-order chi connectivity index (χ0) is 22.0. The smallest absolute Gasteiger partial charge is 0.248 e. The van der Waals surface area contributed by atoms with E-state index in [2.05, 4.69) is 10.3 Å². The van der Waals surface area contributed by atoms with Crippen molar-refractivity contribution in [3.8, 4) is 22.6 Å². The second-order valence-electron chi connectivity index (χ2n) is 7.76. The number of aromatic nitrogens is 1. The van der Waals surface area contributed by atoms with Crippen LogP contribution in [0.1, 0.15) is 25.0 Å². The Kier molecular flexibility index (Phi) is 5.29. The van der Waals surface area contributed by atoms with Crippen molar-refractivity contribution in [1.82, 2.24) is 4.98 Å². The zero-order valence-corrected chi connectivity index (χ0v) is 17.1. The highest BCUT2D eigenvalue weighted by Crippen LogP contribution is 2.40. The number of carbonyl (C=O) groups is 1. The van der Waals surface area contributed by atoms with Crippen LogP contribution < -0.4 is 10.1 Å². The topological polar surface area (TPSA) is 71.5 Å². The minimum atomic E-state index is -0.555. The molecule has 1 aromatic heterocycles. The lowest BCUT2D eigenvalue weighted by molar-refractivity contribution is -0.111. The Hall–Kier alpha value is -3.93. The molecule has 1 aliphatic rings. The van der Waals surface area contributed by atoms with E-state index >= 15 is 0 Å². The fourth-order valence-electron chi connectivity index (χ4n) is 3.25. The predicted octanol–water partition coefficient (Wildman–Crippen LogP) is 5.43. The molecule has 0 atom stereocenters. The molecule has 4 rings (SSSR count). The first-order chi connectivity index (χ1) is 14.8. The molecule has 0 saturated heterocycles. The molecule has 0 aliphatic carbocycles. The second kappa shape index (κ2) is 8.07. The lowest BCUT2D eigenvalue weighted by Crippen LogP contribution is -2.27. The molecule has 31 heavy (non-hydrogen) atoms. The number of rotatable bonds is 4. The molecule has 0 saturated carbocycles. The molecule has 0 radical (unpaired) electrons. The van der Waals surface area contributed by atoms with Crippen LogP contribution in [0.4, 0.5) is 10.1 Å². The van der Waals surface area contributed by atoms with Crippen molar-refractivity contribution < 1.29 is 19.0 Å². The molecule has 2 aromatic carbocycles. The molecule has 0 spiro atoms. The number of benzene rings is 2. The first kappa shape index (κ1) is 20.3. The molecule has 2 heterocycles. The third kappa shape index (κ3) is 4.80. The van der Waals surface area contributed by atoms with Crippen LogP contribution in [0.3, 0.4) is 0 Å². The van der Waals surface area contributed by atoms with E-state index < -0.39 is 11.5 Å². The van der Waals surface area contributed by atoms with Crippen molar-refractivity contribution in [2.45, 2.75) is 19.4 Å². The first-order valence-corrected chi connectivity index (χ1v) is 9.75. The molecule has 3 aromatic rings. The van der Waals surface area contributed by atoms with E-state index in [4.69, 9.17) is 4.74 Å². The largest absolute Gasteiger partial charge is 0.508 e. The van der Waals surface area contributed by atoms with Crippen LogP contribution in [-0.2, 0) is 4.79 Å². The monoisotopic (exact) mass is 416 g/mol. The van der Waals surface area contributed by atoms with E-state index in [1.807, 2.05) is 38.1 Å². The molecule has 5 nitrogen and oxygen atoms in total. The summed E-state index contributed by atoms with van der Waals surface area (Å²) in [6.45, 7) is 3.92. The van der Waals surface area contributed by atoms with Crippen LogP contribution in [0.25, 0.3) is 23.3 Å². The molecule has 156 valence electrons. The fraction of sp³-hybridized carbons (Fsp3) is 0.120. The molecule has 0 unspecified atom stereocenters. The highest BCUT2D eigenvalue weighted by Gasteiger charge is 2.25. The van der Waals surface area contributed by atoms with Crippen molar-refractivity contribution in [1.29, 1.82) is 0 Å². The van der Waals surface area contributed by atoms with E-state index in [1.165, 1.54) is 30.5 Å². The summed E-state index contributed by atoms with van der Waals surface area (Å²) in [5, 5.41) is 12.1. The van der Waals surface area contributed by atoms with E-state index in [9.17, 15) is 14.3 Å². The van der Waals surface area contributed by atoms with E-state index in [-0.39, 0.29) is 11.7 Å². The van der Waals surface area contributed by atoms with Gasteiger partial charge in [0.25, 0.3) is 0 Å². The number of phenols is 1. The number of nitrogens with zero attached hydrogens (tertiary/aromatic N) is 1. The van der Waals surface area contributed by atoms with Gasteiger partial charge in [0.2, 0.25) is 11.9 Å². The Labute approximate surface area is 179 Å². The van der Waals surface area contributed by atoms with Gasteiger partial charge >= 0.3 is 0 Å².